The number of H-pyrrole nitrogens is 1. The summed E-state index contributed by atoms with van der Waals surface area (Å²) in [6.45, 7) is 0. The van der Waals surface area contributed by atoms with Crippen LogP contribution < -0.4 is 5.56 Å². The molecule has 0 aliphatic carbocycles. The van der Waals surface area contributed by atoms with Crippen molar-refractivity contribution >= 4 is 49.4 Å². The van der Waals surface area contributed by atoms with Gasteiger partial charge in [0.25, 0.3) is 11.5 Å². The average Bonchev–Trinajstić information content (AvgIpc) is 3.07. The summed E-state index contributed by atoms with van der Waals surface area (Å²) in [5, 5.41) is 19.9. The topological polar surface area (TPSA) is 95.6 Å². The number of azo groups is 1. The van der Waals surface area contributed by atoms with Crippen molar-refractivity contribution < 1.29 is 5.11 Å². The van der Waals surface area contributed by atoms with Crippen LogP contribution in [0.2, 0.25) is 0 Å². The molecule has 0 unspecified atom stereocenters. The molecule has 0 saturated carbocycles. The van der Waals surface area contributed by atoms with Gasteiger partial charge in [0.05, 0.1) is 22.1 Å². The zero-order valence-electron chi connectivity index (χ0n) is 15.5. The summed E-state index contributed by atoms with van der Waals surface area (Å²) in [7, 11) is 0. The fourth-order valence-corrected chi connectivity index (χ4v) is 3.73. The third-order valence-electron chi connectivity index (χ3n) is 4.72. The molecule has 0 saturated heterocycles. The summed E-state index contributed by atoms with van der Waals surface area (Å²) < 4.78 is 2.22. The number of fused-ring (bicyclic) bond motifs is 2. The summed E-state index contributed by atoms with van der Waals surface area (Å²) in [6, 6.07) is 21.7. The SMILES string of the molecule is O=c1c2ccccc2nc(N=Nc2c(O)[nH]c3ccccc23)n1-c1cccc(Br)c1. The summed E-state index contributed by atoms with van der Waals surface area (Å²) in [6.07, 6.45) is 0. The Balaban J connectivity index is 1.75. The highest BCUT2D eigenvalue weighted by atomic mass is 79.9. The van der Waals surface area contributed by atoms with Crippen molar-refractivity contribution in [2.24, 2.45) is 10.2 Å². The van der Waals surface area contributed by atoms with Gasteiger partial charge in [-0.05, 0) is 36.4 Å². The molecule has 3 aromatic carbocycles. The Morgan fingerprint density at radius 3 is 2.53 bits per heavy atom. The number of aromatic amines is 1. The fraction of sp³-hybridized carbons (Fsp3) is 0. The Kier molecular flexibility index (Phi) is 4.40. The van der Waals surface area contributed by atoms with Crippen molar-refractivity contribution in [1.82, 2.24) is 14.5 Å². The van der Waals surface area contributed by atoms with E-state index in [1.165, 1.54) is 4.57 Å². The highest BCUT2D eigenvalue weighted by Crippen LogP contribution is 2.36. The molecule has 146 valence electrons. The van der Waals surface area contributed by atoms with E-state index in [1.807, 2.05) is 42.5 Å². The number of hydrogen-bond acceptors (Lipinski definition) is 5. The van der Waals surface area contributed by atoms with Gasteiger partial charge in [-0.3, -0.25) is 4.79 Å². The van der Waals surface area contributed by atoms with Crippen LogP contribution in [0.25, 0.3) is 27.5 Å². The largest absolute Gasteiger partial charge is 0.493 e. The van der Waals surface area contributed by atoms with Crippen LogP contribution in [-0.2, 0) is 0 Å². The first-order valence-corrected chi connectivity index (χ1v) is 9.90. The van der Waals surface area contributed by atoms with E-state index < -0.39 is 0 Å². The highest BCUT2D eigenvalue weighted by molar-refractivity contribution is 9.10. The Hall–Kier alpha value is -3.78. The summed E-state index contributed by atoms with van der Waals surface area (Å²) in [5.74, 6) is 0.0126. The molecule has 0 atom stereocenters. The van der Waals surface area contributed by atoms with Crippen LogP contribution in [0.4, 0.5) is 11.6 Å². The number of aromatic nitrogens is 3. The number of hydrogen-bond donors (Lipinski definition) is 2. The number of para-hydroxylation sites is 2. The van der Waals surface area contributed by atoms with E-state index in [0.717, 1.165) is 15.4 Å². The maximum Gasteiger partial charge on any atom is 0.267 e. The van der Waals surface area contributed by atoms with Crippen molar-refractivity contribution in [3.05, 3.63) is 87.6 Å². The Morgan fingerprint density at radius 2 is 1.70 bits per heavy atom. The molecular formula is C22H14BrN5O2. The quantitative estimate of drug-likeness (QED) is 0.336. The van der Waals surface area contributed by atoms with Crippen molar-refractivity contribution in [2.75, 3.05) is 0 Å². The monoisotopic (exact) mass is 459 g/mol. The van der Waals surface area contributed by atoms with Gasteiger partial charge in [-0.1, -0.05) is 52.3 Å². The molecule has 2 N–H and O–H groups in total. The van der Waals surface area contributed by atoms with Crippen LogP contribution in [0.1, 0.15) is 0 Å². The third kappa shape index (κ3) is 3.07. The number of rotatable bonds is 3. The molecule has 5 rings (SSSR count). The van der Waals surface area contributed by atoms with E-state index in [4.69, 9.17) is 0 Å². The second-order valence-corrected chi connectivity index (χ2v) is 7.53. The predicted octanol–water partition coefficient (Wildman–Crippen LogP) is 5.75. The molecule has 30 heavy (non-hydrogen) atoms. The van der Waals surface area contributed by atoms with Gasteiger partial charge in [-0.2, -0.15) is 0 Å². The minimum Gasteiger partial charge on any atom is -0.493 e. The molecule has 0 amide bonds. The van der Waals surface area contributed by atoms with E-state index >= 15 is 0 Å². The van der Waals surface area contributed by atoms with Crippen LogP contribution in [0.3, 0.4) is 0 Å². The predicted molar refractivity (Wildman–Crippen MR) is 119 cm³/mol. The molecule has 0 aliphatic rings. The van der Waals surface area contributed by atoms with Gasteiger partial charge < -0.3 is 10.1 Å². The van der Waals surface area contributed by atoms with E-state index in [9.17, 15) is 9.90 Å². The van der Waals surface area contributed by atoms with Gasteiger partial charge >= 0.3 is 0 Å². The minimum atomic E-state index is -0.254. The van der Waals surface area contributed by atoms with E-state index in [2.05, 4.69) is 36.1 Å². The molecule has 2 aromatic heterocycles. The van der Waals surface area contributed by atoms with Crippen molar-refractivity contribution in [1.29, 1.82) is 0 Å². The smallest absolute Gasteiger partial charge is 0.267 e. The lowest BCUT2D eigenvalue weighted by Gasteiger charge is -2.10. The first-order valence-electron chi connectivity index (χ1n) is 9.11. The van der Waals surface area contributed by atoms with Gasteiger partial charge in [0.2, 0.25) is 5.88 Å². The number of benzene rings is 3. The molecule has 0 spiro atoms. The van der Waals surface area contributed by atoms with Gasteiger partial charge in [-0.25, -0.2) is 9.55 Å². The first-order chi connectivity index (χ1) is 14.6. The molecule has 2 heterocycles. The number of aromatic hydroxyl groups is 1. The normalized spacial score (nSPS) is 11.6. The maximum atomic E-state index is 13.3. The third-order valence-corrected chi connectivity index (χ3v) is 5.22. The lowest BCUT2D eigenvalue weighted by molar-refractivity contribution is 0.459. The minimum absolute atomic E-state index is 0.0999. The Bertz CT molecular complexity index is 1500. The number of nitrogens with zero attached hydrogens (tertiary/aromatic N) is 4. The van der Waals surface area contributed by atoms with Crippen molar-refractivity contribution in [2.45, 2.75) is 0 Å². The summed E-state index contributed by atoms with van der Waals surface area (Å²) >= 11 is 3.44. The van der Waals surface area contributed by atoms with Crippen LogP contribution >= 0.6 is 15.9 Å². The Morgan fingerprint density at radius 1 is 0.933 bits per heavy atom. The molecule has 5 aromatic rings. The molecule has 0 radical (unpaired) electrons. The van der Waals surface area contributed by atoms with Gasteiger partial charge in [0.1, 0.15) is 0 Å². The molecule has 8 heteroatoms. The number of nitrogens with one attached hydrogen (secondary N) is 1. The van der Waals surface area contributed by atoms with Crippen LogP contribution in [-0.4, -0.2) is 19.6 Å². The lowest BCUT2D eigenvalue weighted by atomic mass is 10.2. The van der Waals surface area contributed by atoms with Gasteiger partial charge in [0.15, 0.2) is 5.69 Å². The van der Waals surface area contributed by atoms with Gasteiger partial charge in [0, 0.05) is 9.86 Å². The maximum absolute atomic E-state index is 13.3. The zero-order valence-corrected chi connectivity index (χ0v) is 17.0. The zero-order chi connectivity index (χ0) is 20.7. The number of halogens is 1. The van der Waals surface area contributed by atoms with Crippen molar-refractivity contribution in [3.63, 3.8) is 0 Å². The van der Waals surface area contributed by atoms with Crippen molar-refractivity contribution in [3.8, 4) is 11.6 Å². The first kappa shape index (κ1) is 18.3. The second kappa shape index (κ2) is 7.23. The lowest BCUT2D eigenvalue weighted by Crippen LogP contribution is -2.19. The molecular weight excluding hydrogens is 446 g/mol. The standard InChI is InChI=1S/C22H14BrN5O2/c23-13-6-5-7-14(12-13)28-21(30)16-9-2-4-11-18(16)25-22(28)27-26-19-15-8-1-3-10-17(15)24-20(19)29/h1-12,24,29H. The fourth-order valence-electron chi connectivity index (χ4n) is 3.34. The second-order valence-electron chi connectivity index (χ2n) is 6.62. The molecule has 7 nitrogen and oxygen atoms in total. The molecule has 0 fully saturated rings. The molecule has 0 aliphatic heterocycles. The summed E-state index contributed by atoms with van der Waals surface area (Å²) in [5.41, 5.74) is 1.89. The summed E-state index contributed by atoms with van der Waals surface area (Å²) in [4.78, 5) is 20.7. The average molecular weight is 460 g/mol. The van der Waals surface area contributed by atoms with E-state index in [-0.39, 0.29) is 23.1 Å². The van der Waals surface area contributed by atoms with Crippen LogP contribution in [0.5, 0.6) is 5.88 Å². The Labute approximate surface area is 178 Å². The van der Waals surface area contributed by atoms with E-state index in [0.29, 0.717) is 16.6 Å². The molecule has 0 bridgehead atoms. The van der Waals surface area contributed by atoms with E-state index in [1.54, 1.807) is 30.3 Å². The van der Waals surface area contributed by atoms with Gasteiger partial charge in [-0.15, -0.1) is 10.2 Å². The van der Waals surface area contributed by atoms with Crippen LogP contribution in [0, 0.1) is 0 Å². The highest BCUT2D eigenvalue weighted by Gasteiger charge is 2.14. The van der Waals surface area contributed by atoms with Crippen LogP contribution in [0.15, 0.2) is 92.3 Å².